The molecule has 0 aliphatic rings. The van der Waals surface area contributed by atoms with Crippen LogP contribution in [0.2, 0.25) is 0 Å². The molecule has 2 aromatic carbocycles. The molecule has 0 saturated heterocycles. The van der Waals surface area contributed by atoms with Crippen molar-refractivity contribution in [3.63, 3.8) is 0 Å². The van der Waals surface area contributed by atoms with Gasteiger partial charge >= 0.3 is 6.18 Å². The first-order valence-corrected chi connectivity index (χ1v) is 9.07. The third-order valence-corrected chi connectivity index (χ3v) is 4.62. The van der Waals surface area contributed by atoms with E-state index < -0.39 is 11.7 Å². The van der Waals surface area contributed by atoms with Crippen molar-refractivity contribution in [2.45, 2.75) is 19.0 Å². The van der Waals surface area contributed by atoms with Crippen LogP contribution in [-0.4, -0.2) is 23.0 Å². The molecule has 0 aliphatic carbocycles. The number of hydrogen-bond acceptors (Lipinski definition) is 5. The predicted molar refractivity (Wildman–Crippen MR) is 99.3 cm³/mol. The number of methoxy groups -OCH3 is 1. The van der Waals surface area contributed by atoms with Crippen LogP contribution in [0, 0.1) is 0 Å². The zero-order valence-corrected chi connectivity index (χ0v) is 15.4. The number of hydrogen-bond donors (Lipinski definition) is 1. The summed E-state index contributed by atoms with van der Waals surface area (Å²) in [4.78, 5) is 4.42. The summed E-state index contributed by atoms with van der Waals surface area (Å²) >= 11 is 1.24. The van der Waals surface area contributed by atoms with Gasteiger partial charge in [0.1, 0.15) is 11.6 Å². The van der Waals surface area contributed by atoms with E-state index in [0.717, 1.165) is 17.4 Å². The van der Waals surface area contributed by atoms with Crippen LogP contribution in [0.3, 0.4) is 0 Å². The Hall–Kier alpha value is -2.61. The Kier molecular flexibility index (Phi) is 5.95. The van der Waals surface area contributed by atoms with Crippen molar-refractivity contribution in [2.24, 2.45) is 0 Å². The molecule has 0 atom stereocenters. The Bertz CT molecular complexity index is 896. The number of aromatic nitrogens is 2. The van der Waals surface area contributed by atoms with Crippen LogP contribution in [0.4, 0.5) is 18.3 Å². The summed E-state index contributed by atoms with van der Waals surface area (Å²) in [7, 11) is 1.62. The molecule has 0 bridgehead atoms. The lowest BCUT2D eigenvalue weighted by Gasteiger charge is -2.08. The van der Waals surface area contributed by atoms with Crippen LogP contribution in [0.25, 0.3) is 0 Å². The highest BCUT2D eigenvalue weighted by molar-refractivity contribution is 7.09. The second-order valence-corrected chi connectivity index (χ2v) is 6.67. The first-order chi connectivity index (χ1) is 12.9. The van der Waals surface area contributed by atoms with Crippen molar-refractivity contribution >= 4 is 16.7 Å². The molecule has 8 heteroatoms. The first-order valence-electron chi connectivity index (χ1n) is 8.29. The predicted octanol–water partition coefficient (Wildman–Crippen LogP) is 4.81. The molecule has 4 nitrogen and oxygen atoms in total. The second-order valence-electron chi connectivity index (χ2n) is 5.92. The Labute approximate surface area is 159 Å². The van der Waals surface area contributed by atoms with E-state index in [1.807, 2.05) is 24.3 Å². The minimum absolute atomic E-state index is 0.467. The van der Waals surface area contributed by atoms with Crippen LogP contribution in [0.15, 0.2) is 48.5 Å². The Balaban J connectivity index is 1.54. The molecule has 0 unspecified atom stereocenters. The van der Waals surface area contributed by atoms with E-state index in [2.05, 4.69) is 14.7 Å². The van der Waals surface area contributed by atoms with Crippen molar-refractivity contribution < 1.29 is 17.9 Å². The second kappa shape index (κ2) is 8.39. The number of anilines is 1. The first kappa shape index (κ1) is 19.2. The number of nitrogens with one attached hydrogen (secondary N) is 1. The lowest BCUT2D eigenvalue weighted by molar-refractivity contribution is -0.137. The zero-order valence-electron chi connectivity index (χ0n) is 14.6. The topological polar surface area (TPSA) is 47.0 Å². The van der Waals surface area contributed by atoms with Gasteiger partial charge in [0, 0.05) is 24.5 Å². The van der Waals surface area contributed by atoms with Gasteiger partial charge in [0.25, 0.3) is 0 Å². The molecule has 0 spiro atoms. The number of benzene rings is 2. The van der Waals surface area contributed by atoms with E-state index in [1.165, 1.54) is 23.7 Å². The van der Waals surface area contributed by atoms with Crippen LogP contribution < -0.4 is 10.1 Å². The van der Waals surface area contributed by atoms with E-state index in [-0.39, 0.29) is 0 Å². The molecular weight excluding hydrogens is 375 g/mol. The molecule has 1 aromatic heterocycles. The van der Waals surface area contributed by atoms with Crippen molar-refractivity contribution in [2.75, 3.05) is 19.0 Å². The van der Waals surface area contributed by atoms with Crippen LogP contribution >= 0.6 is 11.5 Å². The smallest absolute Gasteiger partial charge is 0.416 e. The molecular formula is C19H18F3N3OS. The van der Waals surface area contributed by atoms with Gasteiger partial charge in [-0.3, -0.25) is 0 Å². The van der Waals surface area contributed by atoms with Gasteiger partial charge in [-0.25, -0.2) is 4.98 Å². The Morgan fingerprint density at radius 1 is 1.07 bits per heavy atom. The van der Waals surface area contributed by atoms with Gasteiger partial charge in [-0.05, 0) is 35.7 Å². The van der Waals surface area contributed by atoms with Gasteiger partial charge < -0.3 is 10.1 Å². The summed E-state index contributed by atoms with van der Waals surface area (Å²) in [5, 5.41) is 3.77. The molecule has 27 heavy (non-hydrogen) atoms. The highest BCUT2D eigenvalue weighted by Gasteiger charge is 2.30. The minimum Gasteiger partial charge on any atom is -0.497 e. The normalized spacial score (nSPS) is 11.4. The summed E-state index contributed by atoms with van der Waals surface area (Å²) in [6.07, 6.45) is -3.27. The van der Waals surface area contributed by atoms with Crippen LogP contribution in [0.1, 0.15) is 22.5 Å². The van der Waals surface area contributed by atoms with E-state index >= 15 is 0 Å². The fourth-order valence-corrected chi connectivity index (χ4v) is 3.19. The third kappa shape index (κ3) is 5.43. The number of rotatable bonds is 7. The van der Waals surface area contributed by atoms with Crippen molar-refractivity contribution in [1.82, 2.24) is 9.36 Å². The number of halogens is 3. The van der Waals surface area contributed by atoms with Crippen molar-refractivity contribution in [3.8, 4) is 5.75 Å². The van der Waals surface area contributed by atoms with Crippen molar-refractivity contribution in [3.05, 3.63) is 71.0 Å². The van der Waals surface area contributed by atoms with E-state index in [0.29, 0.717) is 35.9 Å². The molecule has 1 heterocycles. The Morgan fingerprint density at radius 3 is 2.63 bits per heavy atom. The number of ether oxygens (including phenoxy) is 1. The van der Waals surface area contributed by atoms with Crippen LogP contribution in [0.5, 0.6) is 5.75 Å². The summed E-state index contributed by atoms with van der Waals surface area (Å²) in [5.74, 6) is 1.47. The molecule has 0 amide bonds. The molecule has 0 radical (unpaired) electrons. The number of alkyl halides is 3. The Morgan fingerprint density at radius 2 is 1.85 bits per heavy atom. The molecule has 0 aliphatic heterocycles. The highest BCUT2D eigenvalue weighted by atomic mass is 32.1. The van der Waals surface area contributed by atoms with Gasteiger partial charge in [0.15, 0.2) is 0 Å². The largest absolute Gasteiger partial charge is 0.497 e. The maximum Gasteiger partial charge on any atom is 0.416 e. The van der Waals surface area contributed by atoms with Gasteiger partial charge in [0.05, 0.1) is 12.7 Å². The van der Waals surface area contributed by atoms with Gasteiger partial charge in [-0.1, -0.05) is 30.3 Å². The minimum atomic E-state index is -4.32. The molecule has 142 valence electrons. The number of nitrogens with zero attached hydrogens (tertiary/aromatic N) is 2. The van der Waals surface area contributed by atoms with Crippen molar-refractivity contribution in [1.29, 1.82) is 0 Å². The maximum absolute atomic E-state index is 12.7. The maximum atomic E-state index is 12.7. The van der Waals surface area contributed by atoms with E-state index in [4.69, 9.17) is 4.74 Å². The summed E-state index contributed by atoms with van der Waals surface area (Å²) < 4.78 is 47.8. The molecule has 1 N–H and O–H groups in total. The van der Waals surface area contributed by atoms with Gasteiger partial charge in [-0.15, -0.1) is 0 Å². The summed E-state index contributed by atoms with van der Waals surface area (Å²) in [5.41, 5.74) is 1.04. The monoisotopic (exact) mass is 393 g/mol. The average Bonchev–Trinajstić information content (AvgIpc) is 3.08. The summed E-state index contributed by atoms with van der Waals surface area (Å²) in [6.45, 7) is 0.481. The molecule has 3 aromatic rings. The fourth-order valence-electron chi connectivity index (χ4n) is 2.58. The van der Waals surface area contributed by atoms with E-state index in [1.54, 1.807) is 13.2 Å². The standard InChI is InChI=1S/C19H18F3N3OS/c1-26-16-7-3-5-14(11-16)12-17-24-18(27-25-17)23-9-8-13-4-2-6-15(10-13)19(20,21)22/h2-7,10-11H,8-9,12H2,1H3,(H,23,24,25). The molecule has 0 fully saturated rings. The molecule has 3 rings (SSSR count). The molecule has 0 saturated carbocycles. The zero-order chi connectivity index (χ0) is 19.3. The van der Waals surface area contributed by atoms with E-state index in [9.17, 15) is 13.2 Å². The lowest BCUT2D eigenvalue weighted by atomic mass is 10.1. The average molecular weight is 393 g/mol. The lowest BCUT2D eigenvalue weighted by Crippen LogP contribution is -2.08. The third-order valence-electron chi connectivity index (χ3n) is 3.91. The fraction of sp³-hybridized carbons (Fsp3) is 0.263. The van der Waals surface area contributed by atoms with Gasteiger partial charge in [0.2, 0.25) is 5.13 Å². The van der Waals surface area contributed by atoms with Crippen LogP contribution in [-0.2, 0) is 19.0 Å². The summed E-state index contributed by atoms with van der Waals surface area (Å²) in [6, 6.07) is 13.1. The quantitative estimate of drug-likeness (QED) is 0.626. The highest BCUT2D eigenvalue weighted by Crippen LogP contribution is 2.29. The van der Waals surface area contributed by atoms with Gasteiger partial charge in [-0.2, -0.15) is 17.5 Å². The SMILES string of the molecule is COc1cccc(Cc2nsc(NCCc3cccc(C(F)(F)F)c3)n2)c1.